The van der Waals surface area contributed by atoms with Crippen LogP contribution in [0, 0.1) is 11.3 Å². The first kappa shape index (κ1) is 14.2. The summed E-state index contributed by atoms with van der Waals surface area (Å²) in [7, 11) is 0. The standard InChI is InChI=1S/C13H13Cl2NO3/c1-13(2)5-8(13)11(17)16-10-7(12(18)19)3-6(14)4-9(10)15/h3-4,8H,5H2,1-2H3,(H,16,17)(H,18,19). The van der Waals surface area contributed by atoms with Gasteiger partial charge in [-0.05, 0) is 24.0 Å². The van der Waals surface area contributed by atoms with Gasteiger partial charge in [-0.25, -0.2) is 4.79 Å². The van der Waals surface area contributed by atoms with E-state index >= 15 is 0 Å². The maximum atomic E-state index is 12.0. The normalized spacial score (nSPS) is 19.9. The van der Waals surface area contributed by atoms with Crippen molar-refractivity contribution in [2.45, 2.75) is 20.3 Å². The van der Waals surface area contributed by atoms with E-state index in [-0.39, 0.29) is 38.5 Å². The van der Waals surface area contributed by atoms with Gasteiger partial charge < -0.3 is 10.4 Å². The van der Waals surface area contributed by atoms with Crippen molar-refractivity contribution in [3.05, 3.63) is 27.7 Å². The average molecular weight is 302 g/mol. The topological polar surface area (TPSA) is 66.4 Å². The summed E-state index contributed by atoms with van der Waals surface area (Å²) >= 11 is 11.7. The number of carboxylic acids is 1. The van der Waals surface area contributed by atoms with Gasteiger partial charge in [0.15, 0.2) is 0 Å². The molecule has 0 saturated heterocycles. The molecule has 1 amide bonds. The Morgan fingerprint density at radius 2 is 1.95 bits per heavy atom. The van der Waals surface area contributed by atoms with Crippen LogP contribution in [0.15, 0.2) is 12.1 Å². The molecule has 0 heterocycles. The first-order valence-corrected chi connectivity index (χ1v) is 6.51. The van der Waals surface area contributed by atoms with Gasteiger partial charge in [0.1, 0.15) is 0 Å². The summed E-state index contributed by atoms with van der Waals surface area (Å²) in [6.45, 7) is 3.97. The number of anilines is 1. The molecule has 2 rings (SSSR count). The van der Waals surface area contributed by atoms with Crippen LogP contribution in [-0.4, -0.2) is 17.0 Å². The third kappa shape index (κ3) is 2.85. The lowest BCUT2D eigenvalue weighted by Gasteiger charge is -2.11. The number of carboxylic acid groups (broad SMARTS) is 1. The van der Waals surface area contributed by atoms with Crippen LogP contribution in [0.4, 0.5) is 5.69 Å². The molecule has 0 aromatic heterocycles. The molecule has 0 bridgehead atoms. The van der Waals surface area contributed by atoms with Crippen LogP contribution in [0.3, 0.4) is 0 Å². The van der Waals surface area contributed by atoms with Gasteiger partial charge in [-0.3, -0.25) is 4.79 Å². The predicted octanol–water partition coefficient (Wildman–Crippen LogP) is 3.68. The van der Waals surface area contributed by atoms with Crippen LogP contribution in [0.1, 0.15) is 30.6 Å². The SMILES string of the molecule is CC1(C)CC1C(=O)Nc1c(Cl)cc(Cl)cc1C(=O)O. The van der Waals surface area contributed by atoms with Crippen LogP contribution < -0.4 is 5.32 Å². The molecule has 4 nitrogen and oxygen atoms in total. The monoisotopic (exact) mass is 301 g/mol. The Morgan fingerprint density at radius 1 is 1.37 bits per heavy atom. The van der Waals surface area contributed by atoms with Crippen LogP contribution in [0.25, 0.3) is 0 Å². The van der Waals surface area contributed by atoms with Crippen molar-refractivity contribution in [3.63, 3.8) is 0 Å². The number of aromatic carboxylic acids is 1. The maximum absolute atomic E-state index is 12.0. The molecule has 1 atom stereocenters. The fourth-order valence-electron chi connectivity index (χ4n) is 1.99. The Hall–Kier alpha value is -1.26. The molecule has 0 spiro atoms. The van der Waals surface area contributed by atoms with E-state index in [0.717, 1.165) is 6.42 Å². The average Bonchev–Trinajstić information content (AvgIpc) is 2.91. The lowest BCUT2D eigenvalue weighted by molar-refractivity contribution is -0.118. The van der Waals surface area contributed by atoms with E-state index in [1.807, 2.05) is 13.8 Å². The second-order valence-electron chi connectivity index (χ2n) is 5.35. The van der Waals surface area contributed by atoms with Crippen molar-refractivity contribution in [2.24, 2.45) is 11.3 Å². The summed E-state index contributed by atoms with van der Waals surface area (Å²) in [5, 5.41) is 12.0. The number of amides is 1. The largest absolute Gasteiger partial charge is 0.478 e. The Morgan fingerprint density at radius 3 is 2.42 bits per heavy atom. The summed E-state index contributed by atoms with van der Waals surface area (Å²) in [5.74, 6) is -1.51. The first-order chi connectivity index (χ1) is 8.72. The summed E-state index contributed by atoms with van der Waals surface area (Å²) in [5.41, 5.74) is -0.0394. The van der Waals surface area contributed by atoms with Crippen LogP contribution in [0.2, 0.25) is 10.0 Å². The van der Waals surface area contributed by atoms with Crippen LogP contribution in [-0.2, 0) is 4.79 Å². The molecule has 1 aromatic carbocycles. The number of hydrogen-bond donors (Lipinski definition) is 2. The number of hydrogen-bond acceptors (Lipinski definition) is 2. The van der Waals surface area contributed by atoms with E-state index in [1.165, 1.54) is 12.1 Å². The molecule has 2 N–H and O–H groups in total. The van der Waals surface area contributed by atoms with E-state index in [0.29, 0.717) is 0 Å². The molecular weight excluding hydrogens is 289 g/mol. The van der Waals surface area contributed by atoms with Crippen molar-refractivity contribution in [1.82, 2.24) is 0 Å². The number of halogens is 2. The molecule has 1 unspecified atom stereocenters. The molecule has 102 valence electrons. The lowest BCUT2D eigenvalue weighted by Crippen LogP contribution is -2.19. The lowest BCUT2D eigenvalue weighted by atomic mass is 10.1. The van der Waals surface area contributed by atoms with E-state index in [4.69, 9.17) is 28.3 Å². The second kappa shape index (κ2) is 4.69. The van der Waals surface area contributed by atoms with Crippen LogP contribution in [0.5, 0.6) is 0 Å². The molecular formula is C13H13Cl2NO3. The summed E-state index contributed by atoms with van der Waals surface area (Å²) in [6.07, 6.45) is 0.784. The van der Waals surface area contributed by atoms with Gasteiger partial charge in [-0.1, -0.05) is 37.0 Å². The summed E-state index contributed by atoms with van der Waals surface area (Å²) in [4.78, 5) is 23.2. The van der Waals surface area contributed by atoms with E-state index in [9.17, 15) is 9.59 Å². The Balaban J connectivity index is 2.30. The number of rotatable bonds is 3. The fraction of sp³-hybridized carbons (Fsp3) is 0.385. The Bertz CT molecular complexity index is 569. The van der Waals surface area contributed by atoms with Crippen molar-refractivity contribution in [2.75, 3.05) is 5.32 Å². The molecule has 1 aliphatic rings. The number of carbonyl (C=O) groups is 2. The molecule has 1 aliphatic carbocycles. The minimum absolute atomic E-state index is 0.0353. The smallest absolute Gasteiger partial charge is 0.337 e. The highest BCUT2D eigenvalue weighted by Crippen LogP contribution is 2.52. The zero-order valence-electron chi connectivity index (χ0n) is 10.5. The molecule has 1 fully saturated rings. The van der Waals surface area contributed by atoms with Gasteiger partial charge in [0.2, 0.25) is 5.91 Å². The zero-order valence-corrected chi connectivity index (χ0v) is 12.0. The van der Waals surface area contributed by atoms with Gasteiger partial charge >= 0.3 is 5.97 Å². The van der Waals surface area contributed by atoms with Crippen molar-refractivity contribution in [1.29, 1.82) is 0 Å². The minimum atomic E-state index is -1.19. The summed E-state index contributed by atoms with van der Waals surface area (Å²) in [6, 6.07) is 2.67. The van der Waals surface area contributed by atoms with Crippen LogP contribution >= 0.6 is 23.2 Å². The van der Waals surface area contributed by atoms with Gasteiger partial charge in [0.05, 0.1) is 16.3 Å². The van der Waals surface area contributed by atoms with E-state index < -0.39 is 5.97 Å². The molecule has 0 aliphatic heterocycles. The molecule has 19 heavy (non-hydrogen) atoms. The highest BCUT2D eigenvalue weighted by molar-refractivity contribution is 6.37. The third-order valence-corrected chi connectivity index (χ3v) is 3.88. The third-order valence-electron chi connectivity index (χ3n) is 3.36. The highest BCUT2D eigenvalue weighted by atomic mass is 35.5. The maximum Gasteiger partial charge on any atom is 0.337 e. The second-order valence-corrected chi connectivity index (χ2v) is 6.19. The van der Waals surface area contributed by atoms with Gasteiger partial charge in [0.25, 0.3) is 0 Å². The van der Waals surface area contributed by atoms with E-state index in [2.05, 4.69) is 5.32 Å². The van der Waals surface area contributed by atoms with Gasteiger partial charge in [-0.15, -0.1) is 0 Å². The van der Waals surface area contributed by atoms with Gasteiger partial charge in [-0.2, -0.15) is 0 Å². The molecule has 0 radical (unpaired) electrons. The Kier molecular flexibility index (Phi) is 3.49. The predicted molar refractivity (Wildman–Crippen MR) is 73.9 cm³/mol. The zero-order chi connectivity index (χ0) is 14.4. The minimum Gasteiger partial charge on any atom is -0.478 e. The number of nitrogens with one attached hydrogen (secondary N) is 1. The molecule has 1 saturated carbocycles. The number of carbonyl (C=O) groups excluding carboxylic acids is 1. The van der Waals surface area contributed by atoms with Crippen molar-refractivity contribution in [3.8, 4) is 0 Å². The first-order valence-electron chi connectivity index (χ1n) is 5.75. The summed E-state index contributed by atoms with van der Waals surface area (Å²) < 4.78 is 0. The number of benzene rings is 1. The van der Waals surface area contributed by atoms with Crippen molar-refractivity contribution >= 4 is 40.8 Å². The van der Waals surface area contributed by atoms with Gasteiger partial charge in [0, 0.05) is 10.9 Å². The highest BCUT2D eigenvalue weighted by Gasteiger charge is 2.50. The quantitative estimate of drug-likeness (QED) is 0.895. The molecule has 6 heteroatoms. The Labute approximate surface area is 120 Å². The van der Waals surface area contributed by atoms with Crippen molar-refractivity contribution < 1.29 is 14.7 Å². The fourth-order valence-corrected chi connectivity index (χ4v) is 2.54. The molecule has 1 aromatic rings. The van der Waals surface area contributed by atoms with E-state index in [1.54, 1.807) is 0 Å².